The van der Waals surface area contributed by atoms with E-state index in [1.807, 2.05) is 6.92 Å². The zero-order chi connectivity index (χ0) is 32.0. The molecule has 9 heteroatoms. The number of allylic oxidation sites excluding steroid dienone is 2. The van der Waals surface area contributed by atoms with Gasteiger partial charge in [-0.15, -0.1) is 0 Å². The molecule has 0 aliphatic carbocycles. The predicted octanol–water partition coefficient (Wildman–Crippen LogP) is 5.29. The third-order valence-corrected chi connectivity index (χ3v) is 9.24. The van der Waals surface area contributed by atoms with Crippen molar-refractivity contribution in [3.05, 3.63) is 134 Å². The number of likely N-dealkylation sites (tertiary alicyclic amines) is 1. The van der Waals surface area contributed by atoms with Crippen LogP contribution in [0, 0.1) is 10.1 Å². The topological polar surface area (TPSA) is 131 Å². The van der Waals surface area contributed by atoms with Gasteiger partial charge in [0.1, 0.15) is 0 Å². The van der Waals surface area contributed by atoms with Gasteiger partial charge in [0.2, 0.25) is 11.8 Å². The largest absolute Gasteiger partial charge is 0.366 e. The van der Waals surface area contributed by atoms with Crippen LogP contribution in [0.4, 0.5) is 5.69 Å². The summed E-state index contributed by atoms with van der Waals surface area (Å²) < 4.78 is 0. The Morgan fingerprint density at radius 3 is 2.04 bits per heavy atom. The molecule has 0 radical (unpaired) electrons. The van der Waals surface area contributed by atoms with Crippen LogP contribution in [0.2, 0.25) is 0 Å². The van der Waals surface area contributed by atoms with Gasteiger partial charge < -0.3 is 21.3 Å². The first-order valence-corrected chi connectivity index (χ1v) is 15.6. The lowest BCUT2D eigenvalue weighted by atomic mass is 9.68. The number of rotatable bonds is 11. The molecule has 1 atom stereocenters. The zero-order valence-electron chi connectivity index (χ0n) is 25.9. The van der Waals surface area contributed by atoms with Crippen LogP contribution in [0.1, 0.15) is 62.1 Å². The summed E-state index contributed by atoms with van der Waals surface area (Å²) in [6, 6.07) is 27.5. The zero-order valence-corrected chi connectivity index (χ0v) is 25.9. The van der Waals surface area contributed by atoms with E-state index in [1.165, 1.54) is 23.3 Å². The molecule has 4 N–H and O–H groups in total. The van der Waals surface area contributed by atoms with Gasteiger partial charge in [-0.25, -0.2) is 0 Å². The van der Waals surface area contributed by atoms with Crippen LogP contribution in [0.3, 0.4) is 0 Å². The van der Waals surface area contributed by atoms with E-state index < -0.39 is 16.7 Å². The quantitative estimate of drug-likeness (QED) is 0.154. The summed E-state index contributed by atoms with van der Waals surface area (Å²) in [5, 5.41) is 17.5. The Hall–Kier alpha value is -4.76. The molecule has 1 saturated heterocycles. The number of hydrogen-bond donors (Lipinski definition) is 3. The van der Waals surface area contributed by atoms with Crippen molar-refractivity contribution in [3.63, 3.8) is 0 Å². The lowest BCUT2D eigenvalue weighted by Crippen LogP contribution is -2.44. The van der Waals surface area contributed by atoms with E-state index >= 15 is 0 Å². The summed E-state index contributed by atoms with van der Waals surface area (Å²) in [6.07, 6.45) is 3.35. The summed E-state index contributed by atoms with van der Waals surface area (Å²) in [7, 11) is 0. The van der Waals surface area contributed by atoms with Crippen molar-refractivity contribution in [1.82, 2.24) is 15.5 Å². The average Bonchev–Trinajstić information content (AvgIpc) is 3.07. The van der Waals surface area contributed by atoms with E-state index in [-0.39, 0.29) is 22.6 Å². The van der Waals surface area contributed by atoms with Crippen molar-refractivity contribution in [3.8, 4) is 0 Å². The second-order valence-electron chi connectivity index (χ2n) is 11.8. The fraction of sp³-hybridized carbons (Fsp3) is 0.333. The number of nitro groups is 1. The number of amides is 2. The minimum atomic E-state index is -0.731. The summed E-state index contributed by atoms with van der Waals surface area (Å²) >= 11 is 0. The monoisotopic (exact) mass is 607 g/mol. The molecule has 3 aromatic carbocycles. The van der Waals surface area contributed by atoms with E-state index in [4.69, 9.17) is 5.73 Å². The Morgan fingerprint density at radius 2 is 1.53 bits per heavy atom. The second-order valence-corrected chi connectivity index (χ2v) is 11.8. The number of non-ortho nitro benzene ring substituents is 1. The Bertz CT molecular complexity index is 1550. The minimum absolute atomic E-state index is 0.0130. The Kier molecular flexibility index (Phi) is 9.78. The Morgan fingerprint density at radius 1 is 0.956 bits per heavy atom. The van der Waals surface area contributed by atoms with Crippen molar-refractivity contribution in [2.45, 2.75) is 50.9 Å². The number of dihydropyridines is 1. The van der Waals surface area contributed by atoms with Crippen molar-refractivity contribution in [2.24, 2.45) is 5.73 Å². The van der Waals surface area contributed by atoms with Crippen LogP contribution in [0.25, 0.3) is 0 Å². The highest BCUT2D eigenvalue weighted by Gasteiger charge is 2.38. The average molecular weight is 608 g/mol. The number of nitrogens with one attached hydrogen (secondary N) is 2. The van der Waals surface area contributed by atoms with Gasteiger partial charge in [-0.1, -0.05) is 79.7 Å². The fourth-order valence-electron chi connectivity index (χ4n) is 6.91. The van der Waals surface area contributed by atoms with Crippen LogP contribution in [0.5, 0.6) is 0 Å². The number of nitrogens with two attached hydrogens (primary N) is 1. The van der Waals surface area contributed by atoms with E-state index in [0.717, 1.165) is 38.9 Å². The van der Waals surface area contributed by atoms with Gasteiger partial charge in [-0.3, -0.25) is 19.7 Å². The maximum atomic E-state index is 13.7. The van der Waals surface area contributed by atoms with Gasteiger partial charge in [-0.05, 0) is 68.9 Å². The minimum Gasteiger partial charge on any atom is -0.366 e. The number of piperidine rings is 1. The normalized spacial score (nSPS) is 18.3. The molecule has 0 aromatic heterocycles. The first kappa shape index (κ1) is 31.7. The summed E-state index contributed by atoms with van der Waals surface area (Å²) in [5.74, 6) is -1.65. The molecule has 1 fully saturated rings. The smallest absolute Gasteiger partial charge is 0.269 e. The van der Waals surface area contributed by atoms with Crippen molar-refractivity contribution in [1.29, 1.82) is 0 Å². The maximum absolute atomic E-state index is 13.7. The number of nitrogens with zero attached hydrogens (tertiary/aromatic N) is 2. The maximum Gasteiger partial charge on any atom is 0.269 e. The van der Waals surface area contributed by atoms with Crippen LogP contribution in [-0.4, -0.2) is 47.8 Å². The van der Waals surface area contributed by atoms with Gasteiger partial charge in [-0.2, -0.15) is 0 Å². The SMILES string of the molecule is CCC1=C(C(=O)NCCCN2CCC(c3ccccc3)(c3ccccc3)CC2)C(c2ccc([N+](=O)[O-])cc2)C(C(N)=O)=C(C)N1. The molecule has 0 saturated carbocycles. The summed E-state index contributed by atoms with van der Waals surface area (Å²) in [5.41, 5.74) is 11.0. The number of benzene rings is 3. The number of hydrogen-bond acceptors (Lipinski definition) is 6. The highest BCUT2D eigenvalue weighted by atomic mass is 16.6. The van der Waals surface area contributed by atoms with Gasteiger partial charge >= 0.3 is 0 Å². The summed E-state index contributed by atoms with van der Waals surface area (Å²) in [6.45, 7) is 6.94. The molecule has 9 nitrogen and oxygen atoms in total. The van der Waals surface area contributed by atoms with Crippen LogP contribution in [0.15, 0.2) is 107 Å². The van der Waals surface area contributed by atoms with Crippen LogP contribution < -0.4 is 16.4 Å². The molecule has 45 heavy (non-hydrogen) atoms. The number of nitro benzene ring substituents is 1. The second kappa shape index (κ2) is 13.9. The van der Waals surface area contributed by atoms with Gasteiger partial charge in [0, 0.05) is 52.6 Å². The molecule has 0 bridgehead atoms. The molecule has 2 aliphatic rings. The van der Waals surface area contributed by atoms with E-state index in [2.05, 4.69) is 76.2 Å². The lowest BCUT2D eigenvalue weighted by molar-refractivity contribution is -0.384. The molecule has 1 unspecified atom stereocenters. The third kappa shape index (κ3) is 6.68. The van der Waals surface area contributed by atoms with Crippen molar-refractivity contribution in [2.75, 3.05) is 26.2 Å². The van der Waals surface area contributed by atoms with E-state index in [9.17, 15) is 19.7 Å². The lowest BCUT2D eigenvalue weighted by Gasteiger charge is -2.43. The standard InChI is InChI=1S/C36H41N5O4/c1-3-30-33(32(31(34(37)42)25(2)39-30)26-15-17-29(18-16-26)41(44)45)35(43)38-21-10-22-40-23-19-36(20-24-40,27-11-6-4-7-12-27)28-13-8-5-9-14-28/h4-9,11-18,32,39H,3,10,19-24H2,1-2H3,(H2,37,42)(H,38,43). The molecular formula is C36H41N5O4. The van der Waals surface area contributed by atoms with Crippen LogP contribution >= 0.6 is 0 Å². The Balaban J connectivity index is 1.25. The third-order valence-electron chi connectivity index (χ3n) is 9.24. The predicted molar refractivity (Wildman–Crippen MR) is 175 cm³/mol. The van der Waals surface area contributed by atoms with Gasteiger partial charge in [0.25, 0.3) is 5.69 Å². The first-order valence-electron chi connectivity index (χ1n) is 15.6. The van der Waals surface area contributed by atoms with E-state index in [1.54, 1.807) is 19.1 Å². The number of carbonyl (C=O) groups excluding carboxylic acids is 2. The Labute approximate surface area is 264 Å². The number of primary amides is 1. The summed E-state index contributed by atoms with van der Waals surface area (Å²) in [4.78, 5) is 39.6. The highest BCUT2D eigenvalue weighted by Crippen LogP contribution is 2.42. The van der Waals surface area contributed by atoms with Crippen molar-refractivity contribution < 1.29 is 14.5 Å². The highest BCUT2D eigenvalue weighted by molar-refractivity contribution is 6.03. The number of carbonyl (C=O) groups is 2. The molecule has 2 aliphatic heterocycles. The molecule has 2 amide bonds. The molecule has 3 aromatic rings. The molecule has 2 heterocycles. The van der Waals surface area contributed by atoms with E-state index in [0.29, 0.717) is 35.5 Å². The van der Waals surface area contributed by atoms with Crippen LogP contribution in [-0.2, 0) is 15.0 Å². The first-order chi connectivity index (χ1) is 21.7. The fourth-order valence-corrected chi connectivity index (χ4v) is 6.91. The molecule has 0 spiro atoms. The molecular weight excluding hydrogens is 566 g/mol. The van der Waals surface area contributed by atoms with Gasteiger partial charge in [0.15, 0.2) is 0 Å². The molecule has 234 valence electrons. The van der Waals surface area contributed by atoms with Crippen molar-refractivity contribution >= 4 is 17.5 Å². The molecule has 5 rings (SSSR count). The van der Waals surface area contributed by atoms with Gasteiger partial charge in [0.05, 0.1) is 4.92 Å².